The Hall–Kier alpha value is -3.60. The van der Waals surface area contributed by atoms with Crippen LogP contribution in [-0.4, -0.2) is 20.6 Å². The van der Waals surface area contributed by atoms with Crippen molar-refractivity contribution in [3.63, 3.8) is 0 Å². The van der Waals surface area contributed by atoms with Gasteiger partial charge in [-0.3, -0.25) is 4.79 Å². The molecule has 1 N–H and O–H groups in total. The van der Waals surface area contributed by atoms with Gasteiger partial charge in [-0.15, -0.1) is 0 Å². The molecular weight excluding hydrogens is 352 g/mol. The summed E-state index contributed by atoms with van der Waals surface area (Å²) in [6, 6.07) is 23.3. The zero-order valence-corrected chi connectivity index (χ0v) is 15.5. The third kappa shape index (κ3) is 3.60. The third-order valence-electron chi connectivity index (χ3n) is 4.55. The summed E-state index contributed by atoms with van der Waals surface area (Å²) in [5.41, 5.74) is 4.57. The number of carboxylic acid groups (broad SMARTS) is 1. The molecule has 0 saturated heterocycles. The van der Waals surface area contributed by atoms with Crippen molar-refractivity contribution in [3.8, 4) is 17.1 Å². The Morgan fingerprint density at radius 3 is 2.64 bits per heavy atom. The van der Waals surface area contributed by atoms with Crippen LogP contribution in [0, 0.1) is 6.92 Å². The van der Waals surface area contributed by atoms with Crippen molar-refractivity contribution < 1.29 is 14.6 Å². The SMILES string of the molecule is Cc1cccc(COc2ccccc2-c2nc3ccccc3n2CC(=O)O)c1. The van der Waals surface area contributed by atoms with Gasteiger partial charge in [-0.1, -0.05) is 54.1 Å². The summed E-state index contributed by atoms with van der Waals surface area (Å²) >= 11 is 0. The number of fused-ring (bicyclic) bond motifs is 1. The molecule has 0 unspecified atom stereocenters. The van der Waals surface area contributed by atoms with Crippen LogP contribution < -0.4 is 4.74 Å². The Morgan fingerprint density at radius 2 is 1.82 bits per heavy atom. The van der Waals surface area contributed by atoms with E-state index in [1.54, 1.807) is 4.57 Å². The molecule has 0 spiro atoms. The van der Waals surface area contributed by atoms with Crippen molar-refractivity contribution in [2.45, 2.75) is 20.1 Å². The van der Waals surface area contributed by atoms with E-state index in [1.165, 1.54) is 5.56 Å². The summed E-state index contributed by atoms with van der Waals surface area (Å²) in [5.74, 6) is 0.344. The highest BCUT2D eigenvalue weighted by atomic mass is 16.5. The molecule has 0 aliphatic heterocycles. The van der Waals surface area contributed by atoms with E-state index in [2.05, 4.69) is 11.1 Å². The molecule has 0 aliphatic carbocycles. The van der Waals surface area contributed by atoms with Gasteiger partial charge in [-0.2, -0.15) is 0 Å². The zero-order chi connectivity index (χ0) is 19.5. The fourth-order valence-corrected chi connectivity index (χ4v) is 3.32. The molecule has 1 heterocycles. The first-order chi connectivity index (χ1) is 13.6. The summed E-state index contributed by atoms with van der Waals surface area (Å²) in [5, 5.41) is 9.38. The van der Waals surface area contributed by atoms with Crippen molar-refractivity contribution in [2.24, 2.45) is 0 Å². The van der Waals surface area contributed by atoms with Crippen LogP contribution in [0.4, 0.5) is 0 Å². The van der Waals surface area contributed by atoms with Gasteiger partial charge >= 0.3 is 5.97 Å². The lowest BCUT2D eigenvalue weighted by atomic mass is 10.1. The van der Waals surface area contributed by atoms with Crippen LogP contribution in [0.2, 0.25) is 0 Å². The zero-order valence-electron chi connectivity index (χ0n) is 15.5. The van der Waals surface area contributed by atoms with Crippen LogP contribution in [-0.2, 0) is 17.9 Å². The molecule has 5 heteroatoms. The maximum atomic E-state index is 11.4. The van der Waals surface area contributed by atoms with Crippen molar-refractivity contribution >= 4 is 17.0 Å². The molecule has 1 aromatic heterocycles. The summed E-state index contributed by atoms with van der Waals surface area (Å²) in [6.07, 6.45) is 0. The normalized spacial score (nSPS) is 10.9. The molecule has 140 valence electrons. The van der Waals surface area contributed by atoms with Gasteiger partial charge in [0.25, 0.3) is 0 Å². The van der Waals surface area contributed by atoms with Gasteiger partial charge < -0.3 is 14.4 Å². The van der Waals surface area contributed by atoms with Crippen molar-refractivity contribution in [1.29, 1.82) is 0 Å². The number of nitrogens with zero attached hydrogens (tertiary/aromatic N) is 2. The quantitative estimate of drug-likeness (QED) is 0.534. The Balaban J connectivity index is 1.75. The lowest BCUT2D eigenvalue weighted by Gasteiger charge is -2.13. The molecule has 3 aromatic carbocycles. The molecule has 0 saturated carbocycles. The van der Waals surface area contributed by atoms with Crippen molar-refractivity contribution in [2.75, 3.05) is 0 Å². The minimum absolute atomic E-state index is 0.165. The van der Waals surface area contributed by atoms with E-state index < -0.39 is 5.97 Å². The molecule has 0 aliphatic rings. The van der Waals surface area contributed by atoms with E-state index in [-0.39, 0.29) is 6.54 Å². The number of carboxylic acids is 1. The predicted octanol–water partition coefficient (Wildman–Crippen LogP) is 4.68. The number of aliphatic carboxylic acids is 1. The highest BCUT2D eigenvalue weighted by molar-refractivity contribution is 5.84. The smallest absolute Gasteiger partial charge is 0.323 e. The van der Waals surface area contributed by atoms with E-state index in [0.29, 0.717) is 18.2 Å². The number of imidazole rings is 1. The second-order valence-corrected chi connectivity index (χ2v) is 6.68. The van der Waals surface area contributed by atoms with Crippen molar-refractivity contribution in [1.82, 2.24) is 9.55 Å². The van der Waals surface area contributed by atoms with Gasteiger partial charge in [-0.05, 0) is 36.8 Å². The Morgan fingerprint density at radius 1 is 1.04 bits per heavy atom. The number of hydrogen-bond donors (Lipinski definition) is 1. The lowest BCUT2D eigenvalue weighted by Crippen LogP contribution is -2.10. The number of aromatic nitrogens is 2. The minimum atomic E-state index is -0.914. The van der Waals surface area contributed by atoms with Crippen LogP contribution in [0.1, 0.15) is 11.1 Å². The maximum Gasteiger partial charge on any atom is 0.323 e. The first kappa shape index (κ1) is 17.8. The number of hydrogen-bond acceptors (Lipinski definition) is 3. The molecule has 0 radical (unpaired) electrons. The van der Waals surface area contributed by atoms with Gasteiger partial charge in [-0.25, -0.2) is 4.98 Å². The Kier molecular flexibility index (Phi) is 4.81. The topological polar surface area (TPSA) is 64.4 Å². The number of benzene rings is 3. The first-order valence-corrected chi connectivity index (χ1v) is 9.06. The predicted molar refractivity (Wildman–Crippen MR) is 108 cm³/mol. The largest absolute Gasteiger partial charge is 0.488 e. The Bertz CT molecular complexity index is 1150. The number of aryl methyl sites for hydroxylation is 1. The summed E-state index contributed by atoms with van der Waals surface area (Å²) in [6.45, 7) is 2.31. The number of carbonyl (C=O) groups is 1. The molecule has 0 fully saturated rings. The van der Waals surface area contributed by atoms with Gasteiger partial charge in [0.2, 0.25) is 0 Å². The van der Waals surface area contributed by atoms with E-state index >= 15 is 0 Å². The highest BCUT2D eigenvalue weighted by Gasteiger charge is 2.17. The second-order valence-electron chi connectivity index (χ2n) is 6.68. The fourth-order valence-electron chi connectivity index (χ4n) is 3.32. The molecule has 4 aromatic rings. The second kappa shape index (κ2) is 7.56. The average Bonchev–Trinajstić information content (AvgIpc) is 3.04. The number of ether oxygens (including phenoxy) is 1. The van der Waals surface area contributed by atoms with Crippen molar-refractivity contribution in [3.05, 3.63) is 83.9 Å². The summed E-state index contributed by atoms with van der Waals surface area (Å²) in [7, 11) is 0. The maximum absolute atomic E-state index is 11.4. The third-order valence-corrected chi connectivity index (χ3v) is 4.55. The highest BCUT2D eigenvalue weighted by Crippen LogP contribution is 2.32. The van der Waals surface area contributed by atoms with E-state index in [0.717, 1.165) is 22.2 Å². The van der Waals surface area contributed by atoms with Crippen LogP contribution in [0.15, 0.2) is 72.8 Å². The fraction of sp³-hybridized carbons (Fsp3) is 0.130. The number of rotatable bonds is 6. The molecule has 0 atom stereocenters. The summed E-state index contributed by atoms with van der Waals surface area (Å²) < 4.78 is 7.80. The van der Waals surface area contributed by atoms with Gasteiger partial charge in [0.15, 0.2) is 0 Å². The summed E-state index contributed by atoms with van der Waals surface area (Å²) in [4.78, 5) is 16.1. The van der Waals surface area contributed by atoms with Crippen LogP contribution >= 0.6 is 0 Å². The molecule has 5 nitrogen and oxygen atoms in total. The van der Waals surface area contributed by atoms with Gasteiger partial charge in [0, 0.05) is 0 Å². The van der Waals surface area contributed by atoms with E-state index in [9.17, 15) is 9.90 Å². The molecule has 0 bridgehead atoms. The molecular formula is C23H20N2O3. The standard InChI is InChI=1S/C23H20N2O3/c1-16-7-6-8-17(13-16)15-28-21-12-5-2-9-18(21)23-24-19-10-3-4-11-20(19)25(23)14-22(26)27/h2-13H,14-15H2,1H3,(H,26,27). The van der Waals surface area contributed by atoms with Crippen LogP contribution in [0.25, 0.3) is 22.4 Å². The van der Waals surface area contributed by atoms with Crippen LogP contribution in [0.5, 0.6) is 5.75 Å². The van der Waals surface area contributed by atoms with E-state index in [1.807, 2.05) is 73.7 Å². The first-order valence-electron chi connectivity index (χ1n) is 9.06. The average molecular weight is 372 g/mol. The van der Waals surface area contributed by atoms with Gasteiger partial charge in [0.05, 0.1) is 16.6 Å². The number of para-hydroxylation sites is 3. The lowest BCUT2D eigenvalue weighted by molar-refractivity contribution is -0.137. The monoisotopic (exact) mass is 372 g/mol. The minimum Gasteiger partial charge on any atom is -0.488 e. The van der Waals surface area contributed by atoms with Crippen LogP contribution in [0.3, 0.4) is 0 Å². The molecule has 4 rings (SSSR count). The Labute approximate surface area is 162 Å². The molecule has 28 heavy (non-hydrogen) atoms. The molecule has 0 amide bonds. The van der Waals surface area contributed by atoms with E-state index in [4.69, 9.17) is 4.74 Å². The van der Waals surface area contributed by atoms with Gasteiger partial charge in [0.1, 0.15) is 24.7 Å².